The molecule has 1 N–H and O–H groups in total. The van der Waals surface area contributed by atoms with Crippen LogP contribution in [0, 0.1) is 0 Å². The van der Waals surface area contributed by atoms with Crippen LogP contribution in [0.2, 0.25) is 0 Å². The second-order valence-electron chi connectivity index (χ2n) is 6.97. The molecule has 0 radical (unpaired) electrons. The first-order chi connectivity index (χ1) is 14.7. The maximum absolute atomic E-state index is 13.1. The monoisotopic (exact) mass is 402 g/mol. The molecular formula is C23H22N4O3. The lowest BCUT2D eigenvalue weighted by Crippen LogP contribution is -2.42. The molecule has 3 heterocycles. The molecule has 1 aromatic carbocycles. The van der Waals surface area contributed by atoms with Gasteiger partial charge in [0.25, 0.3) is 5.91 Å². The molecule has 0 aliphatic carbocycles. The third-order valence-corrected chi connectivity index (χ3v) is 4.84. The van der Waals surface area contributed by atoms with Crippen LogP contribution in [-0.4, -0.2) is 28.3 Å². The highest BCUT2D eigenvalue weighted by molar-refractivity contribution is 5.99. The fourth-order valence-corrected chi connectivity index (χ4v) is 3.34. The van der Waals surface area contributed by atoms with Crippen molar-refractivity contribution in [2.24, 2.45) is 0 Å². The van der Waals surface area contributed by atoms with E-state index in [0.29, 0.717) is 37.5 Å². The van der Waals surface area contributed by atoms with Gasteiger partial charge in [0.05, 0.1) is 0 Å². The molecule has 2 amide bonds. The van der Waals surface area contributed by atoms with Gasteiger partial charge in [0.2, 0.25) is 12.0 Å². The highest BCUT2D eigenvalue weighted by Gasteiger charge is 2.36. The van der Waals surface area contributed by atoms with Crippen molar-refractivity contribution in [1.29, 1.82) is 0 Å². The van der Waals surface area contributed by atoms with E-state index in [4.69, 9.17) is 4.74 Å². The minimum absolute atomic E-state index is 0.0691. The van der Waals surface area contributed by atoms with E-state index in [1.807, 2.05) is 42.5 Å². The summed E-state index contributed by atoms with van der Waals surface area (Å²) < 4.78 is 5.94. The topological polar surface area (TPSA) is 84.4 Å². The van der Waals surface area contributed by atoms with Crippen molar-refractivity contribution in [3.63, 3.8) is 0 Å². The number of nitrogens with one attached hydrogen (secondary N) is 1. The van der Waals surface area contributed by atoms with Crippen molar-refractivity contribution in [3.8, 4) is 5.75 Å². The van der Waals surface area contributed by atoms with Crippen LogP contribution in [0.5, 0.6) is 5.75 Å². The Kier molecular flexibility index (Phi) is 5.98. The standard InChI is InChI=1S/C23H22N4O3/c28-20(26-16-17-7-4-12-24-15-17)11-6-14-27-22-19(10-5-13-25-22)30-21(23(27)29)18-8-2-1-3-9-18/h1-5,7-10,12-13,15,21H,6,11,14,16H2,(H,26,28)/t21-/m0/s1. The lowest BCUT2D eigenvalue weighted by atomic mass is 10.1. The summed E-state index contributed by atoms with van der Waals surface area (Å²) in [6.45, 7) is 0.819. The number of benzene rings is 1. The zero-order valence-electron chi connectivity index (χ0n) is 16.4. The minimum atomic E-state index is -0.720. The molecule has 1 aliphatic heterocycles. The summed E-state index contributed by atoms with van der Waals surface area (Å²) in [7, 11) is 0. The van der Waals surface area contributed by atoms with Gasteiger partial charge < -0.3 is 10.1 Å². The third-order valence-electron chi connectivity index (χ3n) is 4.84. The van der Waals surface area contributed by atoms with Crippen LogP contribution >= 0.6 is 0 Å². The summed E-state index contributed by atoms with van der Waals surface area (Å²) >= 11 is 0. The molecule has 0 spiro atoms. The van der Waals surface area contributed by atoms with E-state index in [0.717, 1.165) is 11.1 Å². The smallest absolute Gasteiger partial charge is 0.274 e. The van der Waals surface area contributed by atoms with Crippen molar-refractivity contribution < 1.29 is 14.3 Å². The first-order valence-corrected chi connectivity index (χ1v) is 9.86. The number of carbonyl (C=O) groups is 2. The number of anilines is 1. The van der Waals surface area contributed by atoms with Gasteiger partial charge in [-0.25, -0.2) is 4.98 Å². The van der Waals surface area contributed by atoms with E-state index in [1.54, 1.807) is 35.6 Å². The molecule has 152 valence electrons. The molecule has 3 aromatic rings. The summed E-state index contributed by atoms with van der Waals surface area (Å²) in [5.74, 6) is 0.806. The molecule has 7 nitrogen and oxygen atoms in total. The average molecular weight is 402 g/mol. The lowest BCUT2D eigenvalue weighted by molar-refractivity contribution is -0.127. The van der Waals surface area contributed by atoms with E-state index >= 15 is 0 Å². The summed E-state index contributed by atoms with van der Waals surface area (Å²) in [6, 6.07) is 16.7. The van der Waals surface area contributed by atoms with Crippen molar-refractivity contribution >= 4 is 17.6 Å². The Labute approximate surface area is 174 Å². The Bertz CT molecular complexity index is 1010. The molecule has 7 heteroatoms. The molecular weight excluding hydrogens is 380 g/mol. The number of pyridine rings is 2. The van der Waals surface area contributed by atoms with Gasteiger partial charge in [-0.15, -0.1) is 0 Å². The largest absolute Gasteiger partial charge is 0.472 e. The highest BCUT2D eigenvalue weighted by Crippen LogP contribution is 2.37. The SMILES string of the molecule is O=C(CCCN1C(=O)[C@H](c2ccccc2)Oc2cccnc21)NCc1cccnc1. The number of ether oxygens (including phenoxy) is 1. The molecule has 30 heavy (non-hydrogen) atoms. The predicted molar refractivity (Wildman–Crippen MR) is 112 cm³/mol. The van der Waals surface area contributed by atoms with E-state index in [9.17, 15) is 9.59 Å². The maximum atomic E-state index is 13.1. The van der Waals surface area contributed by atoms with Gasteiger partial charge in [-0.2, -0.15) is 0 Å². The van der Waals surface area contributed by atoms with Gasteiger partial charge in [0.15, 0.2) is 11.6 Å². The maximum Gasteiger partial charge on any atom is 0.274 e. The Morgan fingerprint density at radius 2 is 1.90 bits per heavy atom. The van der Waals surface area contributed by atoms with Crippen LogP contribution < -0.4 is 15.0 Å². The Morgan fingerprint density at radius 3 is 2.70 bits per heavy atom. The molecule has 1 atom stereocenters. The van der Waals surface area contributed by atoms with E-state index in [1.165, 1.54) is 0 Å². The summed E-state index contributed by atoms with van der Waals surface area (Å²) in [5, 5.41) is 2.88. The quantitative estimate of drug-likeness (QED) is 0.657. The van der Waals surface area contributed by atoms with Gasteiger partial charge in [0, 0.05) is 43.7 Å². The number of carbonyl (C=O) groups excluding carboxylic acids is 2. The van der Waals surface area contributed by atoms with Gasteiger partial charge >= 0.3 is 0 Å². The number of rotatable bonds is 7. The van der Waals surface area contributed by atoms with Crippen molar-refractivity contribution in [1.82, 2.24) is 15.3 Å². The van der Waals surface area contributed by atoms with Crippen molar-refractivity contribution in [2.45, 2.75) is 25.5 Å². The predicted octanol–water partition coefficient (Wildman–Crippen LogP) is 3.04. The van der Waals surface area contributed by atoms with Crippen LogP contribution in [0.4, 0.5) is 5.82 Å². The fraction of sp³-hybridized carbons (Fsp3) is 0.217. The second kappa shape index (κ2) is 9.17. The van der Waals surface area contributed by atoms with Gasteiger partial charge in [-0.3, -0.25) is 19.5 Å². The van der Waals surface area contributed by atoms with Crippen molar-refractivity contribution in [3.05, 3.63) is 84.3 Å². The van der Waals surface area contributed by atoms with Crippen LogP contribution in [0.25, 0.3) is 0 Å². The molecule has 1 aliphatic rings. The van der Waals surface area contributed by atoms with Crippen LogP contribution in [-0.2, 0) is 16.1 Å². The lowest BCUT2D eigenvalue weighted by Gasteiger charge is -2.33. The molecule has 0 saturated heterocycles. The van der Waals surface area contributed by atoms with Gasteiger partial charge in [0.1, 0.15) is 0 Å². The molecule has 4 rings (SSSR count). The highest BCUT2D eigenvalue weighted by atomic mass is 16.5. The number of hydrogen-bond acceptors (Lipinski definition) is 5. The van der Waals surface area contributed by atoms with Crippen molar-refractivity contribution in [2.75, 3.05) is 11.4 Å². The fourth-order valence-electron chi connectivity index (χ4n) is 3.34. The molecule has 0 bridgehead atoms. The van der Waals surface area contributed by atoms with Crippen LogP contribution in [0.15, 0.2) is 73.2 Å². The molecule has 2 aromatic heterocycles. The first kappa shape index (κ1) is 19.6. The van der Waals surface area contributed by atoms with Crippen LogP contribution in [0.3, 0.4) is 0 Å². The minimum Gasteiger partial charge on any atom is -0.472 e. The summed E-state index contributed by atoms with van der Waals surface area (Å²) in [4.78, 5) is 35.3. The first-order valence-electron chi connectivity index (χ1n) is 9.86. The molecule has 0 saturated carbocycles. The van der Waals surface area contributed by atoms with E-state index < -0.39 is 6.10 Å². The second-order valence-corrected chi connectivity index (χ2v) is 6.97. The zero-order valence-corrected chi connectivity index (χ0v) is 16.4. The zero-order chi connectivity index (χ0) is 20.8. The number of aromatic nitrogens is 2. The number of nitrogens with zero attached hydrogens (tertiary/aromatic N) is 3. The Morgan fingerprint density at radius 1 is 1.07 bits per heavy atom. The van der Waals surface area contributed by atoms with E-state index in [-0.39, 0.29) is 11.8 Å². The van der Waals surface area contributed by atoms with Crippen LogP contribution in [0.1, 0.15) is 30.1 Å². The molecule has 0 unspecified atom stereocenters. The van der Waals surface area contributed by atoms with E-state index in [2.05, 4.69) is 15.3 Å². The number of amides is 2. The summed E-state index contributed by atoms with van der Waals surface area (Å²) in [6.07, 6.45) is 5.15. The number of fused-ring (bicyclic) bond motifs is 1. The van der Waals surface area contributed by atoms with Gasteiger partial charge in [-0.05, 0) is 30.2 Å². The Hall–Kier alpha value is -3.74. The van der Waals surface area contributed by atoms with Gasteiger partial charge in [-0.1, -0.05) is 36.4 Å². The number of hydrogen-bond donors (Lipinski definition) is 1. The molecule has 0 fully saturated rings. The summed E-state index contributed by atoms with van der Waals surface area (Å²) in [5.41, 5.74) is 1.73. The average Bonchev–Trinajstić information content (AvgIpc) is 2.80. The Balaban J connectivity index is 1.39. The third kappa shape index (κ3) is 4.46. The normalized spacial score (nSPS) is 15.3.